The van der Waals surface area contributed by atoms with Gasteiger partial charge in [0.2, 0.25) is 5.75 Å². The number of pyridine rings is 2. The van der Waals surface area contributed by atoms with E-state index in [0.29, 0.717) is 18.2 Å². The summed E-state index contributed by atoms with van der Waals surface area (Å²) < 4.78 is 6.54. The molecule has 2 aromatic rings. The zero-order valence-corrected chi connectivity index (χ0v) is 11.4. The lowest BCUT2D eigenvalue weighted by molar-refractivity contribution is -0.832. The molecule has 0 aliphatic heterocycles. The van der Waals surface area contributed by atoms with Crippen molar-refractivity contribution >= 4 is 21.7 Å². The smallest absolute Gasteiger partial charge is 0.300 e. The summed E-state index contributed by atoms with van der Waals surface area (Å²) in [5, 5.41) is 0. The first-order valence-electron chi connectivity index (χ1n) is 5.34. The molecule has 0 aliphatic rings. The van der Waals surface area contributed by atoms with Crippen LogP contribution in [0.2, 0.25) is 0 Å². The number of halogens is 1. The molecule has 2 heterocycles. The third kappa shape index (κ3) is 3.49. The number of quaternary nitrogens is 1. The molecule has 0 fully saturated rings. The lowest BCUT2D eigenvalue weighted by Crippen LogP contribution is -2.76. The van der Waals surface area contributed by atoms with Crippen LogP contribution in [0.5, 0.6) is 5.75 Å². The summed E-state index contributed by atoms with van der Waals surface area (Å²) in [6, 6.07) is 7.55. The van der Waals surface area contributed by atoms with Gasteiger partial charge in [-0.05, 0) is 28.1 Å². The van der Waals surface area contributed by atoms with Gasteiger partial charge in [0.25, 0.3) is 5.82 Å². The van der Waals surface area contributed by atoms with Gasteiger partial charge in [0.05, 0.1) is 12.8 Å². The largest absolute Gasteiger partial charge is 0.480 e. The molecule has 0 atom stereocenters. The number of ether oxygens (including phenoxy) is 1. The summed E-state index contributed by atoms with van der Waals surface area (Å²) in [4.78, 5) is 13.4. The van der Waals surface area contributed by atoms with E-state index in [-0.39, 0.29) is 0 Å². The van der Waals surface area contributed by atoms with Crippen LogP contribution in [0.3, 0.4) is 0 Å². The third-order valence-electron chi connectivity index (χ3n) is 2.18. The van der Waals surface area contributed by atoms with Gasteiger partial charge in [-0.1, -0.05) is 6.07 Å². The number of nitrogens with two attached hydrogens (primary N) is 1. The number of hydrogen-bond acceptors (Lipinski definition) is 4. The van der Waals surface area contributed by atoms with Gasteiger partial charge < -0.3 is 4.74 Å². The van der Waals surface area contributed by atoms with Crippen LogP contribution in [0.1, 0.15) is 5.69 Å². The normalized spacial score (nSPS) is 10.3. The molecular formula is C12H13BrN3O2+. The summed E-state index contributed by atoms with van der Waals surface area (Å²) in [6.07, 6.45) is 3.43. The van der Waals surface area contributed by atoms with Crippen LogP contribution in [0.15, 0.2) is 41.1 Å². The van der Waals surface area contributed by atoms with Crippen LogP contribution < -0.4 is 10.2 Å². The molecule has 6 heteroatoms. The minimum atomic E-state index is 0.392. The fraction of sp³-hybridized carbons (Fsp3) is 0.167. The summed E-state index contributed by atoms with van der Waals surface area (Å²) in [7, 11) is 1.58. The van der Waals surface area contributed by atoms with Gasteiger partial charge in [0, 0.05) is 22.9 Å². The molecule has 18 heavy (non-hydrogen) atoms. The van der Waals surface area contributed by atoms with Crippen molar-refractivity contribution in [2.24, 2.45) is 0 Å². The molecule has 5 nitrogen and oxygen atoms in total. The fourth-order valence-electron chi connectivity index (χ4n) is 1.38. The monoisotopic (exact) mass is 310 g/mol. The molecule has 0 saturated carbocycles. The maximum atomic E-state index is 5.69. The Morgan fingerprint density at radius 2 is 2.22 bits per heavy atom. The van der Waals surface area contributed by atoms with Crippen LogP contribution in [0, 0.1) is 0 Å². The van der Waals surface area contributed by atoms with Gasteiger partial charge in [0.15, 0.2) is 0 Å². The highest BCUT2D eigenvalue weighted by molar-refractivity contribution is 9.10. The van der Waals surface area contributed by atoms with Crippen molar-refractivity contribution < 1.29 is 15.1 Å². The second-order valence-electron chi connectivity index (χ2n) is 3.50. The Kier molecular flexibility index (Phi) is 4.63. The minimum Gasteiger partial charge on any atom is -0.480 e. The second kappa shape index (κ2) is 6.44. The Morgan fingerprint density at radius 3 is 2.94 bits per heavy atom. The molecular weight excluding hydrogens is 298 g/mol. The fourth-order valence-corrected chi connectivity index (χ4v) is 1.69. The van der Waals surface area contributed by atoms with Crippen molar-refractivity contribution in [3.63, 3.8) is 0 Å². The van der Waals surface area contributed by atoms with Gasteiger partial charge >= 0.3 is 0 Å². The Bertz CT molecular complexity index is 508. The maximum absolute atomic E-state index is 5.69. The standard InChI is InChI=1S/C12H12BrN3O2/c1-17-16-12-11(6-9(13)7-15-12)18-8-10-4-2-3-5-14-10/h2-7H,8H2,1H3,(H,15,16)/p+1. The predicted octanol–water partition coefficient (Wildman–Crippen LogP) is 1.57. The third-order valence-corrected chi connectivity index (χ3v) is 2.61. The Morgan fingerprint density at radius 1 is 1.33 bits per heavy atom. The van der Waals surface area contributed by atoms with Gasteiger partial charge in [-0.3, -0.25) is 4.98 Å². The first-order valence-corrected chi connectivity index (χ1v) is 6.13. The molecule has 0 radical (unpaired) electrons. The molecule has 0 aliphatic carbocycles. The van der Waals surface area contributed by atoms with Crippen molar-refractivity contribution in [2.75, 3.05) is 7.11 Å². The van der Waals surface area contributed by atoms with Crippen molar-refractivity contribution in [1.82, 2.24) is 9.97 Å². The van der Waals surface area contributed by atoms with E-state index in [9.17, 15) is 0 Å². The Hall–Kier alpha value is -1.50. The van der Waals surface area contributed by atoms with E-state index < -0.39 is 0 Å². The van der Waals surface area contributed by atoms with Crippen LogP contribution in [0.4, 0.5) is 5.82 Å². The van der Waals surface area contributed by atoms with Crippen molar-refractivity contribution in [1.29, 1.82) is 0 Å². The second-order valence-corrected chi connectivity index (χ2v) is 4.42. The van der Waals surface area contributed by atoms with Crippen LogP contribution >= 0.6 is 15.9 Å². The summed E-state index contributed by atoms with van der Waals surface area (Å²) in [5.41, 5.74) is 2.40. The molecule has 2 rings (SSSR count). The molecule has 0 spiro atoms. The van der Waals surface area contributed by atoms with Crippen LogP contribution in [-0.4, -0.2) is 17.1 Å². The topological polar surface area (TPSA) is 60.9 Å². The van der Waals surface area contributed by atoms with E-state index in [1.165, 1.54) is 0 Å². The van der Waals surface area contributed by atoms with E-state index in [1.54, 1.807) is 25.0 Å². The zero-order valence-electron chi connectivity index (χ0n) is 9.84. The highest BCUT2D eigenvalue weighted by atomic mass is 79.9. The number of aromatic nitrogens is 2. The van der Waals surface area contributed by atoms with E-state index in [2.05, 4.69) is 25.9 Å². The van der Waals surface area contributed by atoms with E-state index >= 15 is 0 Å². The molecule has 0 amide bonds. The van der Waals surface area contributed by atoms with Crippen molar-refractivity contribution in [2.45, 2.75) is 6.61 Å². The minimum absolute atomic E-state index is 0.392. The summed E-state index contributed by atoms with van der Waals surface area (Å²) in [5.74, 6) is 1.30. The SMILES string of the molecule is CO[NH2+]c1ncc(Br)cc1OCc1ccccn1. The Labute approximate surface area is 113 Å². The van der Waals surface area contributed by atoms with Crippen LogP contribution in [-0.2, 0) is 11.4 Å². The number of rotatable bonds is 5. The molecule has 0 unspecified atom stereocenters. The molecule has 0 bridgehead atoms. The molecule has 2 N–H and O–H groups in total. The number of nitrogens with zero attached hydrogens (tertiary/aromatic N) is 2. The quantitative estimate of drug-likeness (QED) is 0.852. The predicted molar refractivity (Wildman–Crippen MR) is 69.1 cm³/mol. The Balaban J connectivity index is 2.10. The zero-order chi connectivity index (χ0) is 12.8. The average molecular weight is 311 g/mol. The van der Waals surface area contributed by atoms with Crippen LogP contribution in [0.25, 0.3) is 0 Å². The summed E-state index contributed by atoms with van der Waals surface area (Å²) >= 11 is 3.36. The lowest BCUT2D eigenvalue weighted by Gasteiger charge is -2.07. The first-order chi connectivity index (χ1) is 8.79. The van der Waals surface area contributed by atoms with Gasteiger partial charge in [-0.25, -0.2) is 4.84 Å². The summed E-state index contributed by atoms with van der Waals surface area (Å²) in [6.45, 7) is 0.392. The molecule has 0 saturated heterocycles. The number of hydrogen-bond donors (Lipinski definition) is 1. The van der Waals surface area contributed by atoms with E-state index in [1.807, 2.05) is 24.3 Å². The molecule has 0 aromatic carbocycles. The highest BCUT2D eigenvalue weighted by Crippen LogP contribution is 2.23. The highest BCUT2D eigenvalue weighted by Gasteiger charge is 2.11. The van der Waals surface area contributed by atoms with Gasteiger partial charge in [-0.15, -0.1) is 0 Å². The maximum Gasteiger partial charge on any atom is 0.300 e. The lowest BCUT2D eigenvalue weighted by atomic mass is 10.3. The van der Waals surface area contributed by atoms with Gasteiger partial charge in [0.1, 0.15) is 6.61 Å². The molecule has 2 aromatic heterocycles. The van der Waals surface area contributed by atoms with E-state index in [0.717, 1.165) is 10.2 Å². The van der Waals surface area contributed by atoms with Crippen molar-refractivity contribution in [3.05, 3.63) is 46.8 Å². The van der Waals surface area contributed by atoms with Gasteiger partial charge in [-0.2, -0.15) is 10.5 Å². The van der Waals surface area contributed by atoms with E-state index in [4.69, 9.17) is 9.57 Å². The average Bonchev–Trinajstić information content (AvgIpc) is 2.40. The molecule has 94 valence electrons. The first kappa shape index (κ1) is 12.9. The van der Waals surface area contributed by atoms with Crippen molar-refractivity contribution in [3.8, 4) is 5.75 Å².